The number of carbonyl (C=O) groups excluding carboxylic acids is 4. The fraction of sp³-hybridized carbons (Fsp3) is 0.556. The molecule has 2 aliphatic rings. The van der Waals surface area contributed by atoms with Crippen molar-refractivity contribution in [3.05, 3.63) is 40.7 Å². The molecule has 5 N–H and O–H groups in total. The van der Waals surface area contributed by atoms with E-state index in [0.29, 0.717) is 13.0 Å². The third-order valence-corrected chi connectivity index (χ3v) is 6.66. The van der Waals surface area contributed by atoms with Crippen LogP contribution in [0.4, 0.5) is 4.39 Å². The summed E-state index contributed by atoms with van der Waals surface area (Å²) in [5.41, 5.74) is -0.217. The summed E-state index contributed by atoms with van der Waals surface area (Å²) in [6.45, 7) is 6.18. The number of halogens is 2. The molecule has 1 saturated carbocycles. The second kappa shape index (κ2) is 12.7. The lowest BCUT2D eigenvalue weighted by molar-refractivity contribution is -0.135. The van der Waals surface area contributed by atoms with Gasteiger partial charge in [0.2, 0.25) is 17.7 Å². The van der Waals surface area contributed by atoms with E-state index in [9.17, 15) is 28.7 Å². The molecule has 3 rings (SSSR count). The smallest absolute Gasteiger partial charge is 0.251 e. The molecule has 4 amide bonds. The Bertz CT molecular complexity index is 1090. The maximum atomic E-state index is 14.1. The molecule has 0 radical (unpaired) electrons. The summed E-state index contributed by atoms with van der Waals surface area (Å²) in [7, 11) is 0. The zero-order chi connectivity index (χ0) is 28.0. The second-order valence-electron chi connectivity index (χ2n) is 11.2. The Balaban J connectivity index is 1.73. The number of aliphatic hydroxyl groups excluding tert-OH is 1. The van der Waals surface area contributed by atoms with Crippen molar-refractivity contribution >= 4 is 41.3 Å². The van der Waals surface area contributed by atoms with Crippen molar-refractivity contribution in [1.82, 2.24) is 21.3 Å². The highest BCUT2D eigenvalue weighted by Crippen LogP contribution is 2.23. The van der Waals surface area contributed by atoms with Gasteiger partial charge in [-0.05, 0) is 55.7 Å². The number of nitrogens with one attached hydrogen (secondary N) is 4. The number of amides is 4. The number of aliphatic hydroxyl groups is 1. The third kappa shape index (κ3) is 9.09. The van der Waals surface area contributed by atoms with Crippen LogP contribution in [0.25, 0.3) is 6.08 Å². The van der Waals surface area contributed by atoms with Crippen molar-refractivity contribution in [1.29, 1.82) is 0 Å². The van der Waals surface area contributed by atoms with Gasteiger partial charge >= 0.3 is 0 Å². The van der Waals surface area contributed by atoms with Crippen LogP contribution >= 0.6 is 11.6 Å². The van der Waals surface area contributed by atoms with Crippen LogP contribution in [-0.4, -0.2) is 59.5 Å². The Morgan fingerprint density at radius 3 is 2.47 bits per heavy atom. The SMILES string of the molecule is CC(C)(C)C[C@H](NC(=O)/C=C/c1ccc(Cl)cc1F)C(=O)NC(C[C@@H]1CCNC1=O)C(O)C(=O)NC1CC1. The molecule has 4 atom stereocenters. The van der Waals surface area contributed by atoms with Crippen molar-refractivity contribution in [2.75, 3.05) is 6.54 Å². The van der Waals surface area contributed by atoms with Gasteiger partial charge in [-0.2, -0.15) is 0 Å². The standard InChI is InChI=1S/C27H36ClFN4O5/c1-27(2,3)14-21(32-22(34)9-5-15-4-6-17(28)13-19(15)29)25(37)33-20(12-16-10-11-30-24(16)36)23(35)26(38)31-18-7-8-18/h4-6,9,13,16,18,20-21,23,35H,7-8,10-12,14H2,1-3H3,(H,30,36)(H,31,38)(H,32,34)(H,33,37)/b9-5+/t16-,20?,21-,23?/m0/s1. The summed E-state index contributed by atoms with van der Waals surface area (Å²) in [6.07, 6.45) is 3.33. The number of rotatable bonds is 11. The van der Waals surface area contributed by atoms with E-state index in [-0.39, 0.29) is 40.8 Å². The maximum Gasteiger partial charge on any atom is 0.251 e. The largest absolute Gasteiger partial charge is 0.381 e. The van der Waals surface area contributed by atoms with Crippen LogP contribution in [0.2, 0.25) is 5.02 Å². The van der Waals surface area contributed by atoms with Gasteiger partial charge < -0.3 is 26.4 Å². The molecule has 1 aromatic rings. The first-order chi connectivity index (χ1) is 17.8. The predicted octanol–water partition coefficient (Wildman–Crippen LogP) is 2.06. The molecule has 2 unspecified atom stereocenters. The Morgan fingerprint density at radius 1 is 1.18 bits per heavy atom. The monoisotopic (exact) mass is 550 g/mol. The minimum absolute atomic E-state index is 0.00784. The van der Waals surface area contributed by atoms with E-state index in [0.717, 1.165) is 25.0 Å². The number of hydrogen-bond acceptors (Lipinski definition) is 5. The van der Waals surface area contributed by atoms with Crippen molar-refractivity contribution < 1.29 is 28.7 Å². The Labute approximate surface area is 227 Å². The molecule has 1 saturated heterocycles. The lowest BCUT2D eigenvalue weighted by atomic mass is 9.87. The summed E-state index contributed by atoms with van der Waals surface area (Å²) in [6, 6.07) is 2.01. The molecule has 1 heterocycles. The number of carbonyl (C=O) groups is 4. The van der Waals surface area contributed by atoms with E-state index in [1.807, 2.05) is 20.8 Å². The molecule has 38 heavy (non-hydrogen) atoms. The Hall–Kier alpha value is -2.98. The first-order valence-electron chi connectivity index (χ1n) is 12.8. The van der Waals surface area contributed by atoms with Gasteiger partial charge in [-0.1, -0.05) is 38.4 Å². The first kappa shape index (κ1) is 29.6. The van der Waals surface area contributed by atoms with Gasteiger partial charge in [0.25, 0.3) is 5.91 Å². The molecule has 0 bridgehead atoms. The van der Waals surface area contributed by atoms with Crippen molar-refractivity contribution in [3.8, 4) is 0 Å². The van der Waals surface area contributed by atoms with Crippen LogP contribution in [0.15, 0.2) is 24.3 Å². The summed E-state index contributed by atoms with van der Waals surface area (Å²) >= 11 is 5.76. The van der Waals surface area contributed by atoms with E-state index in [1.54, 1.807) is 0 Å². The normalized spacial score (nSPS) is 19.9. The van der Waals surface area contributed by atoms with E-state index in [2.05, 4.69) is 21.3 Å². The van der Waals surface area contributed by atoms with Gasteiger partial charge in [0.1, 0.15) is 11.9 Å². The van der Waals surface area contributed by atoms with Crippen molar-refractivity contribution in [2.24, 2.45) is 11.3 Å². The minimum atomic E-state index is -1.56. The lowest BCUT2D eigenvalue weighted by Gasteiger charge is -2.30. The Morgan fingerprint density at radius 2 is 1.89 bits per heavy atom. The fourth-order valence-electron chi connectivity index (χ4n) is 4.27. The van der Waals surface area contributed by atoms with Gasteiger partial charge in [0, 0.05) is 35.2 Å². The molecule has 0 aromatic heterocycles. The van der Waals surface area contributed by atoms with Crippen molar-refractivity contribution in [2.45, 2.75) is 77.1 Å². The average Bonchev–Trinajstić information content (AvgIpc) is 3.55. The summed E-state index contributed by atoms with van der Waals surface area (Å²) in [5.74, 6) is -3.08. The van der Waals surface area contributed by atoms with Gasteiger partial charge in [0.05, 0.1) is 6.04 Å². The first-order valence-corrected chi connectivity index (χ1v) is 13.2. The maximum absolute atomic E-state index is 14.1. The van der Waals surface area contributed by atoms with Crippen LogP contribution < -0.4 is 21.3 Å². The van der Waals surface area contributed by atoms with Crippen LogP contribution in [0.1, 0.15) is 58.4 Å². The molecule has 0 spiro atoms. The molecule has 2 fully saturated rings. The molecule has 1 aliphatic heterocycles. The molecule has 1 aliphatic carbocycles. The van der Waals surface area contributed by atoms with Crippen LogP contribution in [-0.2, 0) is 19.2 Å². The average molecular weight is 551 g/mol. The molecule has 11 heteroatoms. The number of benzene rings is 1. The highest BCUT2D eigenvalue weighted by Gasteiger charge is 2.37. The van der Waals surface area contributed by atoms with Gasteiger partial charge in [-0.25, -0.2) is 4.39 Å². The second-order valence-corrected chi connectivity index (χ2v) is 11.6. The topological polar surface area (TPSA) is 137 Å². The highest BCUT2D eigenvalue weighted by molar-refractivity contribution is 6.30. The zero-order valence-electron chi connectivity index (χ0n) is 21.9. The van der Waals surface area contributed by atoms with Crippen LogP contribution in [0.5, 0.6) is 0 Å². The van der Waals surface area contributed by atoms with E-state index in [4.69, 9.17) is 11.6 Å². The molecular weight excluding hydrogens is 515 g/mol. The van der Waals surface area contributed by atoms with Crippen LogP contribution in [0, 0.1) is 17.2 Å². The van der Waals surface area contributed by atoms with Gasteiger partial charge in [-0.15, -0.1) is 0 Å². The molecule has 1 aromatic carbocycles. The number of hydrogen-bond donors (Lipinski definition) is 5. The summed E-state index contributed by atoms with van der Waals surface area (Å²) < 4.78 is 14.1. The van der Waals surface area contributed by atoms with Crippen molar-refractivity contribution in [3.63, 3.8) is 0 Å². The fourth-order valence-corrected chi connectivity index (χ4v) is 4.43. The third-order valence-electron chi connectivity index (χ3n) is 6.43. The zero-order valence-corrected chi connectivity index (χ0v) is 22.6. The minimum Gasteiger partial charge on any atom is -0.381 e. The van der Waals surface area contributed by atoms with Crippen LogP contribution in [0.3, 0.4) is 0 Å². The summed E-state index contributed by atoms with van der Waals surface area (Å²) in [4.78, 5) is 50.8. The lowest BCUT2D eigenvalue weighted by Crippen LogP contribution is -2.56. The molecule has 9 nitrogen and oxygen atoms in total. The van der Waals surface area contributed by atoms with E-state index < -0.39 is 47.6 Å². The van der Waals surface area contributed by atoms with Gasteiger partial charge in [-0.3, -0.25) is 19.2 Å². The highest BCUT2D eigenvalue weighted by atomic mass is 35.5. The molecular formula is C27H36ClFN4O5. The van der Waals surface area contributed by atoms with Gasteiger partial charge in [0.15, 0.2) is 6.10 Å². The molecule has 208 valence electrons. The van der Waals surface area contributed by atoms with E-state index in [1.165, 1.54) is 18.2 Å². The summed E-state index contributed by atoms with van der Waals surface area (Å²) in [5, 5.41) is 21.8. The Kier molecular flexibility index (Phi) is 9.89. The quantitative estimate of drug-likeness (QED) is 0.269. The van der Waals surface area contributed by atoms with E-state index >= 15 is 0 Å². The predicted molar refractivity (Wildman–Crippen MR) is 141 cm³/mol.